The predicted molar refractivity (Wildman–Crippen MR) is 114 cm³/mol. The first-order chi connectivity index (χ1) is 15.0. The van der Waals surface area contributed by atoms with Crippen molar-refractivity contribution in [1.82, 2.24) is 10.9 Å². The molecule has 32 heavy (non-hydrogen) atoms. The molecule has 0 fully saturated rings. The summed E-state index contributed by atoms with van der Waals surface area (Å²) in [6, 6.07) is 11.6. The number of hydrazine groups is 1. The number of nitrogens with zero attached hydrogens (tertiary/aromatic N) is 1. The minimum Gasteiger partial charge on any atom is -0.326 e. The summed E-state index contributed by atoms with van der Waals surface area (Å²) in [4.78, 5) is 23.8. The van der Waals surface area contributed by atoms with Crippen LogP contribution in [-0.4, -0.2) is 17.4 Å². The molecule has 2 rings (SSSR count). The molecule has 0 aliphatic carbocycles. The van der Waals surface area contributed by atoms with Gasteiger partial charge in [0, 0.05) is 24.8 Å². The molecular weight excluding hydrogens is 423 g/mol. The van der Waals surface area contributed by atoms with Gasteiger partial charge in [-0.2, -0.15) is 18.4 Å². The van der Waals surface area contributed by atoms with Crippen molar-refractivity contribution in [3.8, 4) is 6.07 Å². The normalized spacial score (nSPS) is 13.0. The number of hydrogen-bond acceptors (Lipinski definition) is 5. The molecule has 0 bridgehead atoms. The molecule has 1 unspecified atom stereocenters. The van der Waals surface area contributed by atoms with Crippen LogP contribution >= 0.6 is 0 Å². The van der Waals surface area contributed by atoms with Crippen molar-refractivity contribution in [2.75, 3.05) is 10.6 Å². The smallest absolute Gasteiger partial charge is 0.326 e. The van der Waals surface area contributed by atoms with Crippen LogP contribution in [0.1, 0.15) is 43.9 Å². The van der Waals surface area contributed by atoms with E-state index in [-0.39, 0.29) is 11.6 Å². The fraction of sp³-hybridized carbons (Fsp3) is 0.318. The van der Waals surface area contributed by atoms with Gasteiger partial charge in [0.05, 0.1) is 17.2 Å². The number of carbonyl (C=O) groups is 2. The van der Waals surface area contributed by atoms with Crippen LogP contribution < -0.4 is 21.5 Å². The Bertz CT molecular complexity index is 1020. The fourth-order valence-electron chi connectivity index (χ4n) is 2.78. The van der Waals surface area contributed by atoms with Crippen molar-refractivity contribution in [2.24, 2.45) is 0 Å². The number of halogens is 3. The maximum atomic E-state index is 13.2. The van der Waals surface area contributed by atoms with Gasteiger partial charge in [-0.25, -0.2) is 5.43 Å². The molecular formula is C22H24F3N5O2. The van der Waals surface area contributed by atoms with Crippen LogP contribution in [0.25, 0.3) is 0 Å². The third-order valence-electron chi connectivity index (χ3n) is 4.84. The number of benzene rings is 2. The average molecular weight is 447 g/mol. The topological polar surface area (TPSA) is 106 Å². The van der Waals surface area contributed by atoms with E-state index in [0.29, 0.717) is 18.7 Å². The van der Waals surface area contributed by atoms with E-state index in [1.54, 1.807) is 38.1 Å². The van der Waals surface area contributed by atoms with Gasteiger partial charge in [0.15, 0.2) is 0 Å². The Kier molecular flexibility index (Phi) is 7.97. The highest BCUT2D eigenvalue weighted by molar-refractivity contribution is 5.97. The third kappa shape index (κ3) is 6.54. The maximum Gasteiger partial charge on any atom is 0.417 e. The summed E-state index contributed by atoms with van der Waals surface area (Å²) in [7, 11) is 0. The Morgan fingerprint density at radius 2 is 1.66 bits per heavy atom. The van der Waals surface area contributed by atoms with E-state index in [1.165, 1.54) is 19.1 Å². The van der Waals surface area contributed by atoms with Gasteiger partial charge >= 0.3 is 6.18 Å². The van der Waals surface area contributed by atoms with E-state index in [0.717, 1.165) is 17.7 Å². The lowest BCUT2D eigenvalue weighted by Gasteiger charge is -2.29. The van der Waals surface area contributed by atoms with Gasteiger partial charge in [-0.1, -0.05) is 19.1 Å². The molecule has 10 heteroatoms. The van der Waals surface area contributed by atoms with Crippen LogP contribution in [0, 0.1) is 11.3 Å². The Labute approximate surface area is 184 Å². The molecule has 0 saturated carbocycles. The molecule has 0 aliphatic rings. The second-order valence-electron chi connectivity index (χ2n) is 7.37. The van der Waals surface area contributed by atoms with E-state index in [2.05, 4.69) is 21.5 Å². The molecule has 0 heterocycles. The molecule has 170 valence electrons. The molecule has 0 aromatic heterocycles. The van der Waals surface area contributed by atoms with Gasteiger partial charge in [-0.3, -0.25) is 15.0 Å². The number of anilines is 2. The number of hydrogen-bond donors (Lipinski definition) is 4. The molecule has 2 aromatic rings. The standard InChI is InChI=1S/C22H24F3N5O2/c1-4-21(3,30-27-13-15-5-8-17(9-6-15)28-14(2)31)20(32)29-18-10-7-16(12-26)19(11-18)22(23,24)25/h5-11,27,30H,4,13H2,1-3H3,(H,28,31)(H,29,32). The summed E-state index contributed by atoms with van der Waals surface area (Å²) in [5, 5.41) is 14.0. The largest absolute Gasteiger partial charge is 0.417 e. The van der Waals surface area contributed by atoms with Crippen molar-refractivity contribution < 1.29 is 22.8 Å². The molecule has 0 saturated heterocycles. The first-order valence-corrected chi connectivity index (χ1v) is 9.78. The van der Waals surface area contributed by atoms with Crippen LogP contribution in [0.15, 0.2) is 42.5 Å². The van der Waals surface area contributed by atoms with Gasteiger partial charge in [-0.15, -0.1) is 0 Å². The lowest BCUT2D eigenvalue weighted by atomic mass is 9.98. The first-order valence-electron chi connectivity index (χ1n) is 9.78. The van der Waals surface area contributed by atoms with Gasteiger partial charge in [0.25, 0.3) is 0 Å². The Hall–Kier alpha value is -3.42. The van der Waals surface area contributed by atoms with Crippen LogP contribution in [0.2, 0.25) is 0 Å². The van der Waals surface area contributed by atoms with E-state index in [9.17, 15) is 22.8 Å². The Morgan fingerprint density at radius 1 is 1.03 bits per heavy atom. The third-order valence-corrected chi connectivity index (χ3v) is 4.84. The second-order valence-corrected chi connectivity index (χ2v) is 7.37. The molecule has 2 aromatic carbocycles. The number of rotatable bonds is 8. The van der Waals surface area contributed by atoms with Crippen molar-refractivity contribution >= 4 is 23.2 Å². The number of carbonyl (C=O) groups excluding carboxylic acids is 2. The summed E-state index contributed by atoms with van der Waals surface area (Å²) in [6.45, 7) is 5.15. The second kappa shape index (κ2) is 10.3. The monoisotopic (exact) mass is 447 g/mol. The van der Waals surface area contributed by atoms with Crippen molar-refractivity contribution in [3.05, 3.63) is 59.2 Å². The average Bonchev–Trinajstić information content (AvgIpc) is 2.73. The zero-order valence-electron chi connectivity index (χ0n) is 17.9. The minimum atomic E-state index is -4.71. The fourth-order valence-corrected chi connectivity index (χ4v) is 2.78. The molecule has 0 spiro atoms. The number of nitrogens with one attached hydrogen (secondary N) is 4. The summed E-state index contributed by atoms with van der Waals surface area (Å²) >= 11 is 0. The van der Waals surface area contributed by atoms with Gasteiger partial charge in [0.2, 0.25) is 11.8 Å². The lowest BCUT2D eigenvalue weighted by molar-refractivity contribution is -0.137. The summed E-state index contributed by atoms with van der Waals surface area (Å²) in [5.74, 6) is -0.710. The van der Waals surface area contributed by atoms with Gasteiger partial charge < -0.3 is 10.6 Å². The van der Waals surface area contributed by atoms with Gasteiger partial charge in [0.1, 0.15) is 5.54 Å². The molecule has 1 atom stereocenters. The molecule has 2 amide bonds. The summed E-state index contributed by atoms with van der Waals surface area (Å²) in [6.07, 6.45) is -4.37. The SMILES string of the molecule is CCC(C)(NNCc1ccc(NC(C)=O)cc1)C(=O)Nc1ccc(C#N)c(C(F)(F)F)c1. The van der Waals surface area contributed by atoms with E-state index in [1.807, 2.05) is 0 Å². The maximum absolute atomic E-state index is 13.2. The van der Waals surface area contributed by atoms with Crippen molar-refractivity contribution in [2.45, 2.75) is 45.5 Å². The van der Waals surface area contributed by atoms with Gasteiger partial charge in [-0.05, 0) is 49.2 Å². The van der Waals surface area contributed by atoms with Crippen LogP contribution in [0.5, 0.6) is 0 Å². The van der Waals surface area contributed by atoms with Crippen LogP contribution in [0.3, 0.4) is 0 Å². The highest BCUT2D eigenvalue weighted by atomic mass is 19.4. The van der Waals surface area contributed by atoms with Crippen LogP contribution in [0.4, 0.5) is 24.5 Å². The van der Waals surface area contributed by atoms with Crippen molar-refractivity contribution in [3.63, 3.8) is 0 Å². The Balaban J connectivity index is 2.03. The first kappa shape index (κ1) is 24.8. The number of alkyl halides is 3. The zero-order valence-corrected chi connectivity index (χ0v) is 17.9. The predicted octanol–water partition coefficient (Wildman–Crippen LogP) is 3.94. The van der Waals surface area contributed by atoms with Crippen molar-refractivity contribution in [1.29, 1.82) is 5.26 Å². The van der Waals surface area contributed by atoms with Crippen LogP contribution in [-0.2, 0) is 22.3 Å². The quantitative estimate of drug-likeness (QED) is 0.459. The van der Waals surface area contributed by atoms with E-state index >= 15 is 0 Å². The molecule has 4 N–H and O–H groups in total. The number of amides is 2. The van der Waals surface area contributed by atoms with E-state index in [4.69, 9.17) is 5.26 Å². The molecule has 0 radical (unpaired) electrons. The van der Waals surface area contributed by atoms with E-state index < -0.39 is 28.7 Å². The molecule has 7 nitrogen and oxygen atoms in total. The lowest BCUT2D eigenvalue weighted by Crippen LogP contribution is -2.57. The molecule has 0 aliphatic heterocycles. The zero-order chi connectivity index (χ0) is 23.9. The number of nitriles is 1. The Morgan fingerprint density at radius 3 is 2.19 bits per heavy atom. The minimum absolute atomic E-state index is 0.0589. The summed E-state index contributed by atoms with van der Waals surface area (Å²) < 4.78 is 39.5. The highest BCUT2D eigenvalue weighted by Crippen LogP contribution is 2.33. The highest BCUT2D eigenvalue weighted by Gasteiger charge is 2.35. The summed E-state index contributed by atoms with van der Waals surface area (Å²) in [5.41, 5.74) is 4.61.